The van der Waals surface area contributed by atoms with Gasteiger partial charge in [0.05, 0.1) is 7.11 Å². The zero-order chi connectivity index (χ0) is 10.6. The summed E-state index contributed by atoms with van der Waals surface area (Å²) >= 11 is 7.66. The Hall–Kier alpha value is -0.290. The quantitative estimate of drug-likeness (QED) is 0.483. The molecule has 1 rings (SSSR count). The van der Waals surface area contributed by atoms with E-state index in [0.29, 0.717) is 23.6 Å². The first-order valence-electron chi connectivity index (χ1n) is 4.11. The average Bonchev–Trinajstić information content (AvgIpc) is 2.17. The van der Waals surface area contributed by atoms with Crippen LogP contribution in [0.2, 0.25) is 0 Å². The summed E-state index contributed by atoms with van der Waals surface area (Å²) in [4.78, 5) is 11.5. The van der Waals surface area contributed by atoms with Crippen molar-refractivity contribution in [2.75, 3.05) is 13.0 Å². The normalized spacial score (nSPS) is 9.93. The van der Waals surface area contributed by atoms with Gasteiger partial charge < -0.3 is 4.74 Å². The summed E-state index contributed by atoms with van der Waals surface area (Å²) in [6.07, 6.45) is 0.366. The fourth-order valence-electron chi connectivity index (χ4n) is 1.07. The summed E-state index contributed by atoms with van der Waals surface area (Å²) in [6.45, 7) is 0. The van der Waals surface area contributed by atoms with Crippen molar-refractivity contribution in [3.05, 3.63) is 27.3 Å². The Bertz CT molecular complexity index is 339. The van der Waals surface area contributed by atoms with Crippen molar-refractivity contribution in [2.24, 2.45) is 0 Å². The van der Waals surface area contributed by atoms with Crippen LogP contribution in [0.1, 0.15) is 16.8 Å². The van der Waals surface area contributed by atoms with Gasteiger partial charge in [-0.2, -0.15) is 0 Å². The third kappa shape index (κ3) is 3.13. The van der Waals surface area contributed by atoms with Crippen LogP contribution in [0.4, 0.5) is 0 Å². The Labute approximate surface area is 102 Å². The van der Waals surface area contributed by atoms with Crippen LogP contribution in [0.5, 0.6) is 5.75 Å². The lowest BCUT2D eigenvalue weighted by Crippen LogP contribution is -2.00. The molecule has 0 fully saturated rings. The highest BCUT2D eigenvalue weighted by molar-refractivity contribution is 14.1. The Morgan fingerprint density at radius 1 is 1.50 bits per heavy atom. The molecule has 0 aliphatic heterocycles. The van der Waals surface area contributed by atoms with E-state index in [-0.39, 0.29) is 5.78 Å². The van der Waals surface area contributed by atoms with Crippen LogP contribution < -0.4 is 4.74 Å². The highest BCUT2D eigenvalue weighted by Crippen LogP contribution is 2.19. The number of halogens is 2. The van der Waals surface area contributed by atoms with Gasteiger partial charge in [0.1, 0.15) is 5.75 Å². The molecule has 0 N–H and O–H groups in total. The van der Waals surface area contributed by atoms with Crippen LogP contribution in [-0.2, 0) is 0 Å². The number of methoxy groups -OCH3 is 1. The Morgan fingerprint density at radius 3 is 2.79 bits per heavy atom. The Kier molecular flexibility index (Phi) is 4.68. The van der Waals surface area contributed by atoms with Crippen molar-refractivity contribution >= 4 is 40.0 Å². The molecule has 0 spiro atoms. The lowest BCUT2D eigenvalue weighted by atomic mass is 10.1. The Balaban J connectivity index is 2.96. The van der Waals surface area contributed by atoms with Gasteiger partial charge in [-0.05, 0) is 40.8 Å². The van der Waals surface area contributed by atoms with Gasteiger partial charge in [-0.3, -0.25) is 4.79 Å². The maximum atomic E-state index is 11.5. The van der Waals surface area contributed by atoms with Gasteiger partial charge in [0.2, 0.25) is 0 Å². The molecular formula is C10H10ClIO2. The second-order valence-electron chi connectivity index (χ2n) is 2.74. The third-order valence-corrected chi connectivity index (χ3v) is 2.56. The molecular weight excluding hydrogens is 314 g/mol. The molecule has 0 aromatic heterocycles. The molecule has 76 valence electrons. The molecule has 0 unspecified atom stereocenters. The average molecular weight is 325 g/mol. The van der Waals surface area contributed by atoms with Gasteiger partial charge in [-0.15, -0.1) is 11.6 Å². The first kappa shape index (κ1) is 11.8. The highest BCUT2D eigenvalue weighted by Gasteiger charge is 2.07. The number of carbonyl (C=O) groups excluding carboxylic acids is 1. The summed E-state index contributed by atoms with van der Waals surface area (Å²) < 4.78 is 6.06. The van der Waals surface area contributed by atoms with E-state index in [1.165, 1.54) is 0 Å². The summed E-state index contributed by atoms with van der Waals surface area (Å²) in [5, 5.41) is 0. The fourth-order valence-corrected chi connectivity index (χ4v) is 1.89. The van der Waals surface area contributed by atoms with Gasteiger partial charge in [0.15, 0.2) is 5.78 Å². The van der Waals surface area contributed by atoms with E-state index < -0.39 is 0 Å². The number of benzene rings is 1. The van der Waals surface area contributed by atoms with Gasteiger partial charge >= 0.3 is 0 Å². The fraction of sp³-hybridized carbons (Fsp3) is 0.300. The highest BCUT2D eigenvalue weighted by atomic mass is 127. The minimum Gasteiger partial charge on any atom is -0.497 e. The predicted octanol–water partition coefficient (Wildman–Crippen LogP) is 3.11. The smallest absolute Gasteiger partial charge is 0.164 e. The number of hydrogen-bond donors (Lipinski definition) is 0. The molecule has 0 saturated heterocycles. The van der Waals surface area contributed by atoms with Crippen LogP contribution in [0.15, 0.2) is 18.2 Å². The summed E-state index contributed by atoms with van der Waals surface area (Å²) in [5.41, 5.74) is 0.661. The van der Waals surface area contributed by atoms with E-state index in [4.69, 9.17) is 16.3 Å². The number of alkyl halides is 1. The molecule has 14 heavy (non-hydrogen) atoms. The van der Waals surface area contributed by atoms with E-state index in [9.17, 15) is 4.79 Å². The maximum Gasteiger partial charge on any atom is 0.164 e. The van der Waals surface area contributed by atoms with Crippen molar-refractivity contribution in [3.8, 4) is 5.75 Å². The van der Waals surface area contributed by atoms with Crippen LogP contribution in [0, 0.1) is 3.57 Å². The zero-order valence-corrected chi connectivity index (χ0v) is 10.6. The minimum absolute atomic E-state index is 0.0526. The SMILES string of the molecule is COc1cc(I)cc(C(=O)CCCl)c1. The van der Waals surface area contributed by atoms with E-state index in [1.807, 2.05) is 12.1 Å². The number of hydrogen-bond acceptors (Lipinski definition) is 2. The summed E-state index contributed by atoms with van der Waals surface area (Å²) in [7, 11) is 1.58. The van der Waals surface area contributed by atoms with Crippen LogP contribution in [0.3, 0.4) is 0 Å². The van der Waals surface area contributed by atoms with Gasteiger partial charge in [0, 0.05) is 21.4 Å². The number of Topliss-reactive ketones (excluding diaryl/α,β-unsaturated/α-hetero) is 1. The topological polar surface area (TPSA) is 26.3 Å². The molecule has 4 heteroatoms. The van der Waals surface area contributed by atoms with E-state index in [1.54, 1.807) is 13.2 Å². The number of ketones is 1. The predicted molar refractivity (Wildman–Crippen MR) is 65.4 cm³/mol. The van der Waals surface area contributed by atoms with Crippen molar-refractivity contribution in [1.29, 1.82) is 0 Å². The van der Waals surface area contributed by atoms with E-state index in [2.05, 4.69) is 22.6 Å². The van der Waals surface area contributed by atoms with Gasteiger partial charge in [-0.25, -0.2) is 0 Å². The first-order valence-corrected chi connectivity index (χ1v) is 5.72. The van der Waals surface area contributed by atoms with Crippen molar-refractivity contribution < 1.29 is 9.53 Å². The molecule has 0 atom stereocenters. The molecule has 2 nitrogen and oxygen atoms in total. The minimum atomic E-state index is 0.0526. The van der Waals surface area contributed by atoms with Gasteiger partial charge in [-0.1, -0.05) is 0 Å². The molecule has 1 aromatic carbocycles. The molecule has 0 radical (unpaired) electrons. The first-order chi connectivity index (χ1) is 6.67. The number of rotatable bonds is 4. The molecule has 0 bridgehead atoms. The second kappa shape index (κ2) is 5.56. The van der Waals surface area contributed by atoms with Crippen LogP contribution >= 0.6 is 34.2 Å². The second-order valence-corrected chi connectivity index (χ2v) is 4.37. The third-order valence-electron chi connectivity index (χ3n) is 1.75. The van der Waals surface area contributed by atoms with Crippen molar-refractivity contribution in [3.63, 3.8) is 0 Å². The maximum absolute atomic E-state index is 11.5. The molecule has 1 aromatic rings. The van der Waals surface area contributed by atoms with Crippen LogP contribution in [-0.4, -0.2) is 18.8 Å². The van der Waals surface area contributed by atoms with Crippen molar-refractivity contribution in [2.45, 2.75) is 6.42 Å². The molecule has 0 saturated carbocycles. The summed E-state index contributed by atoms with van der Waals surface area (Å²) in [6, 6.07) is 5.44. The molecule has 0 amide bonds. The van der Waals surface area contributed by atoms with E-state index >= 15 is 0 Å². The Morgan fingerprint density at radius 2 is 2.21 bits per heavy atom. The standard InChI is InChI=1S/C10H10ClIO2/c1-14-9-5-7(4-8(12)6-9)10(13)2-3-11/h4-6H,2-3H2,1H3. The largest absolute Gasteiger partial charge is 0.497 e. The molecule has 0 aliphatic rings. The summed E-state index contributed by atoms with van der Waals surface area (Å²) in [5.74, 6) is 1.11. The molecule has 0 heterocycles. The lowest BCUT2D eigenvalue weighted by Gasteiger charge is -2.04. The van der Waals surface area contributed by atoms with Crippen LogP contribution in [0.25, 0.3) is 0 Å². The number of carbonyl (C=O) groups is 1. The number of ether oxygens (including phenoxy) is 1. The van der Waals surface area contributed by atoms with Crippen molar-refractivity contribution in [1.82, 2.24) is 0 Å². The lowest BCUT2D eigenvalue weighted by molar-refractivity contribution is 0.0989. The monoisotopic (exact) mass is 324 g/mol. The zero-order valence-electron chi connectivity index (χ0n) is 7.72. The molecule has 0 aliphatic carbocycles. The van der Waals surface area contributed by atoms with E-state index in [0.717, 1.165) is 3.57 Å². The van der Waals surface area contributed by atoms with Gasteiger partial charge in [0.25, 0.3) is 0 Å².